The second-order valence-electron chi connectivity index (χ2n) is 6.73. The van der Waals surface area contributed by atoms with E-state index in [0.717, 1.165) is 25.7 Å². The lowest BCUT2D eigenvalue weighted by molar-refractivity contribution is -0.137. The molecule has 0 spiro atoms. The molecule has 24 heavy (non-hydrogen) atoms. The van der Waals surface area contributed by atoms with Crippen LogP contribution in [-0.4, -0.2) is 11.1 Å². The van der Waals surface area contributed by atoms with Crippen molar-refractivity contribution in [2.45, 2.75) is 77.6 Å². The quantitative estimate of drug-likeness (QED) is 0.287. The van der Waals surface area contributed by atoms with Gasteiger partial charge in [-0.1, -0.05) is 68.4 Å². The zero-order valence-electron chi connectivity index (χ0n) is 15.3. The van der Waals surface area contributed by atoms with Crippen LogP contribution in [0.4, 0.5) is 0 Å². The number of unbranched alkanes of at least 4 members (excludes halogenated alkanes) is 4. The van der Waals surface area contributed by atoms with Crippen LogP contribution in [0, 0.1) is 5.41 Å². The fourth-order valence-electron chi connectivity index (χ4n) is 2.61. The summed E-state index contributed by atoms with van der Waals surface area (Å²) in [6.07, 6.45) is 29.6. The number of carboxylic acid groups (broad SMARTS) is 1. The third kappa shape index (κ3) is 11.0. The SMILES string of the molecule is CCCCCC=CCC=CC1(C=CCC=CCCCC(=O)O)CC1. The molecule has 1 aliphatic rings. The van der Waals surface area contributed by atoms with Gasteiger partial charge in [-0.2, -0.15) is 0 Å². The van der Waals surface area contributed by atoms with Crippen LogP contribution in [0.15, 0.2) is 48.6 Å². The van der Waals surface area contributed by atoms with Crippen LogP contribution in [0.5, 0.6) is 0 Å². The van der Waals surface area contributed by atoms with Crippen molar-refractivity contribution in [2.75, 3.05) is 0 Å². The van der Waals surface area contributed by atoms with Gasteiger partial charge in [-0.3, -0.25) is 4.79 Å². The average Bonchev–Trinajstić information content (AvgIpc) is 3.32. The van der Waals surface area contributed by atoms with Crippen LogP contribution in [0.3, 0.4) is 0 Å². The maximum absolute atomic E-state index is 10.4. The first kappa shape index (κ1) is 20.5. The highest BCUT2D eigenvalue weighted by molar-refractivity contribution is 5.66. The Balaban J connectivity index is 2.12. The number of carbonyl (C=O) groups is 1. The molecule has 2 heteroatoms. The van der Waals surface area contributed by atoms with E-state index in [1.165, 1.54) is 38.5 Å². The summed E-state index contributed by atoms with van der Waals surface area (Å²) < 4.78 is 0. The first-order valence-electron chi connectivity index (χ1n) is 9.56. The lowest BCUT2D eigenvalue weighted by atomic mass is 10.0. The van der Waals surface area contributed by atoms with Gasteiger partial charge in [0, 0.05) is 11.8 Å². The average molecular weight is 331 g/mol. The molecule has 0 heterocycles. The number of hydrogen-bond acceptors (Lipinski definition) is 1. The molecule has 0 aromatic rings. The molecule has 134 valence electrons. The van der Waals surface area contributed by atoms with E-state index in [9.17, 15) is 4.79 Å². The zero-order valence-corrected chi connectivity index (χ0v) is 15.3. The monoisotopic (exact) mass is 330 g/mol. The highest BCUT2D eigenvalue weighted by Crippen LogP contribution is 2.48. The second-order valence-corrected chi connectivity index (χ2v) is 6.73. The van der Waals surface area contributed by atoms with E-state index in [2.05, 4.69) is 55.5 Å². The lowest BCUT2D eigenvalue weighted by Gasteiger charge is -2.01. The molecule has 0 aromatic heterocycles. The molecule has 1 saturated carbocycles. The van der Waals surface area contributed by atoms with Crippen molar-refractivity contribution < 1.29 is 9.90 Å². The number of rotatable bonds is 14. The molecule has 1 rings (SSSR count). The van der Waals surface area contributed by atoms with Crippen LogP contribution in [0.1, 0.15) is 77.6 Å². The minimum atomic E-state index is -0.707. The summed E-state index contributed by atoms with van der Waals surface area (Å²) in [4.78, 5) is 10.4. The third-order valence-corrected chi connectivity index (χ3v) is 4.34. The van der Waals surface area contributed by atoms with Crippen LogP contribution < -0.4 is 0 Å². The van der Waals surface area contributed by atoms with Gasteiger partial charge in [-0.25, -0.2) is 0 Å². The Labute approximate surface area is 148 Å². The van der Waals surface area contributed by atoms with Gasteiger partial charge >= 0.3 is 5.97 Å². The largest absolute Gasteiger partial charge is 0.481 e. The van der Waals surface area contributed by atoms with Crippen molar-refractivity contribution in [3.63, 3.8) is 0 Å². The van der Waals surface area contributed by atoms with Crippen molar-refractivity contribution >= 4 is 5.97 Å². The molecule has 0 bridgehead atoms. The minimum Gasteiger partial charge on any atom is -0.481 e. The topological polar surface area (TPSA) is 37.3 Å². The summed E-state index contributed by atoms with van der Waals surface area (Å²) in [6, 6.07) is 0. The van der Waals surface area contributed by atoms with E-state index in [4.69, 9.17) is 5.11 Å². The van der Waals surface area contributed by atoms with E-state index >= 15 is 0 Å². The molecule has 1 fully saturated rings. The smallest absolute Gasteiger partial charge is 0.303 e. The van der Waals surface area contributed by atoms with Crippen molar-refractivity contribution in [3.05, 3.63) is 48.6 Å². The van der Waals surface area contributed by atoms with E-state index in [0.29, 0.717) is 5.41 Å². The van der Waals surface area contributed by atoms with Gasteiger partial charge in [0.05, 0.1) is 0 Å². The van der Waals surface area contributed by atoms with Crippen LogP contribution in [0.2, 0.25) is 0 Å². The van der Waals surface area contributed by atoms with Crippen LogP contribution >= 0.6 is 0 Å². The Bertz CT molecular complexity index is 451. The van der Waals surface area contributed by atoms with E-state index in [1.807, 2.05) is 0 Å². The number of carboxylic acids is 1. The van der Waals surface area contributed by atoms with Gasteiger partial charge in [0.25, 0.3) is 0 Å². The van der Waals surface area contributed by atoms with Gasteiger partial charge < -0.3 is 5.11 Å². The Morgan fingerprint density at radius 3 is 1.96 bits per heavy atom. The fraction of sp³-hybridized carbons (Fsp3) is 0.591. The Morgan fingerprint density at radius 1 is 0.875 bits per heavy atom. The number of aliphatic carboxylic acids is 1. The van der Waals surface area contributed by atoms with E-state index < -0.39 is 5.97 Å². The predicted octanol–water partition coefficient (Wildman–Crippen LogP) is 6.61. The molecule has 0 aromatic carbocycles. The van der Waals surface area contributed by atoms with Gasteiger partial charge in [-0.05, 0) is 51.4 Å². The summed E-state index contributed by atoms with van der Waals surface area (Å²) in [7, 11) is 0. The molecular formula is C22H34O2. The van der Waals surface area contributed by atoms with Gasteiger partial charge in [0.15, 0.2) is 0 Å². The van der Waals surface area contributed by atoms with Crippen molar-refractivity contribution in [3.8, 4) is 0 Å². The molecule has 0 unspecified atom stereocenters. The molecule has 0 aliphatic heterocycles. The second kappa shape index (κ2) is 12.8. The zero-order chi connectivity index (χ0) is 17.5. The molecule has 1 aliphatic carbocycles. The van der Waals surface area contributed by atoms with Crippen molar-refractivity contribution in [2.24, 2.45) is 5.41 Å². The Hall–Kier alpha value is -1.57. The summed E-state index contributed by atoms with van der Waals surface area (Å²) in [5.41, 5.74) is 0.327. The minimum absolute atomic E-state index is 0.265. The normalized spacial score (nSPS) is 16.9. The van der Waals surface area contributed by atoms with Crippen LogP contribution in [-0.2, 0) is 4.79 Å². The van der Waals surface area contributed by atoms with Gasteiger partial charge in [0.2, 0.25) is 0 Å². The molecule has 0 saturated heterocycles. The number of hydrogen-bond donors (Lipinski definition) is 1. The highest BCUT2D eigenvalue weighted by Gasteiger charge is 2.36. The first-order valence-corrected chi connectivity index (χ1v) is 9.56. The standard InChI is InChI=1S/C22H34O2/c1-2-3-4-5-6-8-11-14-17-22(19-20-22)18-15-12-9-7-10-13-16-21(23)24/h6-9,14-15,17-18H,2-5,10-13,16,19-20H2,1H3,(H,23,24). The number of allylic oxidation sites excluding steroid dienone is 8. The van der Waals surface area contributed by atoms with E-state index in [-0.39, 0.29) is 6.42 Å². The highest BCUT2D eigenvalue weighted by atomic mass is 16.4. The molecule has 2 nitrogen and oxygen atoms in total. The molecular weight excluding hydrogens is 296 g/mol. The fourth-order valence-corrected chi connectivity index (χ4v) is 2.61. The Kier molecular flexibility index (Phi) is 10.9. The first-order chi connectivity index (χ1) is 11.7. The third-order valence-electron chi connectivity index (χ3n) is 4.34. The molecule has 0 atom stereocenters. The van der Waals surface area contributed by atoms with Gasteiger partial charge in [0.1, 0.15) is 0 Å². The van der Waals surface area contributed by atoms with Gasteiger partial charge in [-0.15, -0.1) is 0 Å². The summed E-state index contributed by atoms with van der Waals surface area (Å²) in [5.74, 6) is -0.707. The van der Waals surface area contributed by atoms with Crippen molar-refractivity contribution in [1.29, 1.82) is 0 Å². The maximum Gasteiger partial charge on any atom is 0.303 e. The van der Waals surface area contributed by atoms with E-state index in [1.54, 1.807) is 0 Å². The predicted molar refractivity (Wildman–Crippen MR) is 103 cm³/mol. The lowest BCUT2D eigenvalue weighted by Crippen LogP contribution is -1.92. The summed E-state index contributed by atoms with van der Waals surface area (Å²) in [6.45, 7) is 2.24. The molecule has 1 N–H and O–H groups in total. The van der Waals surface area contributed by atoms with Crippen molar-refractivity contribution in [1.82, 2.24) is 0 Å². The maximum atomic E-state index is 10.4. The Morgan fingerprint density at radius 2 is 1.46 bits per heavy atom. The molecule has 0 radical (unpaired) electrons. The van der Waals surface area contributed by atoms with Crippen LogP contribution in [0.25, 0.3) is 0 Å². The summed E-state index contributed by atoms with van der Waals surface area (Å²) >= 11 is 0. The molecule has 0 amide bonds. The summed E-state index contributed by atoms with van der Waals surface area (Å²) in [5, 5.41) is 8.56.